The van der Waals surface area contributed by atoms with Gasteiger partial charge in [-0.2, -0.15) is 0 Å². The first kappa shape index (κ1) is 46.3. The Labute approximate surface area is 316 Å². The topological polar surface area (TPSA) is 12.4 Å². The van der Waals surface area contributed by atoms with Crippen LogP contribution in [0.3, 0.4) is 0 Å². The van der Waals surface area contributed by atoms with Gasteiger partial charge in [-0.3, -0.25) is 4.99 Å². The number of allylic oxidation sites excluding steroid dienone is 2. The predicted octanol–water partition coefficient (Wildman–Crippen LogP) is 16.9. The van der Waals surface area contributed by atoms with Crippen molar-refractivity contribution in [2.75, 3.05) is 5.75 Å². The second-order valence-electron chi connectivity index (χ2n) is 15.2. The molecular weight excluding hydrogens is 662 g/mol. The second-order valence-corrected chi connectivity index (χ2v) is 22.6. The summed E-state index contributed by atoms with van der Waals surface area (Å²) in [6.07, 6.45) is 49.1. The molecular formula is C43H81Cl2NSSi. The van der Waals surface area contributed by atoms with Gasteiger partial charge in [0.25, 0.3) is 6.69 Å². The summed E-state index contributed by atoms with van der Waals surface area (Å²) in [6, 6.07) is 0. The molecule has 1 rings (SSSR count). The van der Waals surface area contributed by atoms with Gasteiger partial charge in [0.05, 0.1) is 10.6 Å². The molecule has 1 heterocycles. The molecule has 0 aromatic heterocycles. The van der Waals surface area contributed by atoms with Crippen molar-refractivity contribution in [3.05, 3.63) is 23.6 Å². The normalized spacial score (nSPS) is 15.0. The molecule has 1 aliphatic rings. The summed E-state index contributed by atoms with van der Waals surface area (Å²) in [4.78, 5) is 5.51. The van der Waals surface area contributed by atoms with E-state index in [0.29, 0.717) is 0 Å². The Morgan fingerprint density at radius 2 is 0.875 bits per heavy atom. The van der Waals surface area contributed by atoms with Crippen molar-refractivity contribution in [2.45, 2.75) is 238 Å². The quantitative estimate of drug-likeness (QED) is 0.0354. The Morgan fingerprint density at radius 3 is 1.29 bits per heavy atom. The molecule has 5 heteroatoms. The SMILES string of the molecule is CCCCCCCCC=C[Si](Cl)(Cl)C=CCCCCCCCCC1=NC(CCCCCCCCCC)(CCCCCCCCCC)CS1. The van der Waals surface area contributed by atoms with Gasteiger partial charge in [-0.25, -0.2) is 0 Å². The van der Waals surface area contributed by atoms with Crippen LogP contribution in [0.5, 0.6) is 0 Å². The van der Waals surface area contributed by atoms with Crippen LogP contribution in [0.15, 0.2) is 28.5 Å². The van der Waals surface area contributed by atoms with E-state index in [1.807, 2.05) is 0 Å². The molecule has 0 N–H and O–H groups in total. The maximum Gasteiger partial charge on any atom is 0.295 e. The van der Waals surface area contributed by atoms with Gasteiger partial charge >= 0.3 is 0 Å². The molecule has 0 bridgehead atoms. The maximum atomic E-state index is 6.62. The van der Waals surface area contributed by atoms with E-state index in [-0.39, 0.29) is 5.54 Å². The van der Waals surface area contributed by atoms with Crippen LogP contribution in [-0.4, -0.2) is 23.0 Å². The molecule has 0 amide bonds. The van der Waals surface area contributed by atoms with E-state index in [9.17, 15) is 0 Å². The van der Waals surface area contributed by atoms with E-state index in [1.54, 1.807) is 0 Å². The summed E-state index contributed by atoms with van der Waals surface area (Å²) in [5, 5.41) is 1.48. The van der Waals surface area contributed by atoms with Gasteiger partial charge in [-0.05, 0) is 51.4 Å². The second kappa shape index (κ2) is 33.2. The van der Waals surface area contributed by atoms with E-state index in [4.69, 9.17) is 27.2 Å². The number of thioether (sulfide) groups is 1. The Balaban J connectivity index is 2.26. The van der Waals surface area contributed by atoms with E-state index in [1.165, 1.54) is 210 Å². The third-order valence-corrected chi connectivity index (χ3v) is 14.5. The van der Waals surface area contributed by atoms with Crippen molar-refractivity contribution in [2.24, 2.45) is 4.99 Å². The van der Waals surface area contributed by atoms with Gasteiger partial charge in [0.15, 0.2) is 0 Å². The van der Waals surface area contributed by atoms with Crippen LogP contribution in [-0.2, 0) is 0 Å². The van der Waals surface area contributed by atoms with Gasteiger partial charge in [-0.15, -0.1) is 33.9 Å². The van der Waals surface area contributed by atoms with E-state index in [2.05, 4.69) is 56.1 Å². The van der Waals surface area contributed by atoms with Crippen LogP contribution in [0.25, 0.3) is 0 Å². The molecule has 0 saturated heterocycles. The van der Waals surface area contributed by atoms with Gasteiger partial charge in [0.1, 0.15) is 0 Å². The fourth-order valence-corrected chi connectivity index (χ4v) is 10.5. The molecule has 0 unspecified atom stereocenters. The van der Waals surface area contributed by atoms with Crippen molar-refractivity contribution in [1.29, 1.82) is 0 Å². The summed E-state index contributed by atoms with van der Waals surface area (Å²) < 4.78 is 0. The van der Waals surface area contributed by atoms with Crippen molar-refractivity contribution in [3.8, 4) is 0 Å². The predicted molar refractivity (Wildman–Crippen MR) is 228 cm³/mol. The van der Waals surface area contributed by atoms with Gasteiger partial charge in [0, 0.05) is 5.75 Å². The van der Waals surface area contributed by atoms with Crippen LogP contribution in [0.2, 0.25) is 0 Å². The Kier molecular flexibility index (Phi) is 32.0. The minimum atomic E-state index is -2.36. The largest absolute Gasteiger partial charge is 0.295 e. The van der Waals surface area contributed by atoms with Crippen LogP contribution in [0.4, 0.5) is 0 Å². The fourth-order valence-electron chi connectivity index (χ4n) is 7.06. The number of aliphatic imine (C=N–C) groups is 1. The van der Waals surface area contributed by atoms with Crippen molar-refractivity contribution in [1.82, 2.24) is 0 Å². The van der Waals surface area contributed by atoms with E-state index in [0.717, 1.165) is 12.8 Å². The van der Waals surface area contributed by atoms with Crippen molar-refractivity contribution in [3.63, 3.8) is 0 Å². The smallest absolute Gasteiger partial charge is 0.275 e. The molecule has 0 saturated carbocycles. The average Bonchev–Trinajstić information content (AvgIpc) is 3.48. The standard InChI is InChI=1S/C43H81Cl2NSSi/c1-4-7-10-13-16-22-27-32-37-43(38-33-28-23-17-14-11-8-5-2)41-47-42(46-43)36-31-26-21-19-20-25-30-35-40-48(44,45)39-34-29-24-18-15-12-9-6-3/h34-35,39-40H,4-33,36-38,41H2,1-3H3. The van der Waals surface area contributed by atoms with Crippen LogP contribution >= 0.6 is 33.9 Å². The third kappa shape index (κ3) is 28.0. The first-order valence-electron chi connectivity index (χ1n) is 21.4. The molecule has 0 radical (unpaired) electrons. The fraction of sp³-hybridized carbons (Fsp3) is 0.884. The highest BCUT2D eigenvalue weighted by Gasteiger charge is 2.34. The highest BCUT2D eigenvalue weighted by atomic mass is 35.7. The molecule has 0 atom stereocenters. The summed E-state index contributed by atoms with van der Waals surface area (Å²) in [5.74, 6) is 1.26. The highest BCUT2D eigenvalue weighted by molar-refractivity contribution is 8.14. The van der Waals surface area contributed by atoms with Gasteiger partial charge in [-0.1, -0.05) is 205 Å². The lowest BCUT2D eigenvalue weighted by Crippen LogP contribution is -2.27. The number of unbranched alkanes of at least 4 members (excludes halogenated alkanes) is 26. The summed E-state index contributed by atoms with van der Waals surface area (Å²) >= 11 is 15.4. The van der Waals surface area contributed by atoms with E-state index < -0.39 is 6.69 Å². The Morgan fingerprint density at radius 1 is 0.521 bits per heavy atom. The molecule has 1 aliphatic heterocycles. The van der Waals surface area contributed by atoms with E-state index >= 15 is 0 Å². The van der Waals surface area contributed by atoms with Crippen molar-refractivity contribution < 1.29 is 0 Å². The molecule has 1 nitrogen and oxygen atoms in total. The molecule has 0 aromatic carbocycles. The molecule has 0 fully saturated rings. The van der Waals surface area contributed by atoms with Gasteiger partial charge in [0.2, 0.25) is 0 Å². The zero-order valence-electron chi connectivity index (χ0n) is 32.5. The number of nitrogens with zero attached hydrogens (tertiary/aromatic N) is 1. The monoisotopic (exact) mass is 742 g/mol. The van der Waals surface area contributed by atoms with Crippen LogP contribution in [0, 0.1) is 0 Å². The number of hydrogen-bond donors (Lipinski definition) is 0. The lowest BCUT2D eigenvalue weighted by molar-refractivity contribution is 0.376. The number of halogens is 2. The zero-order valence-corrected chi connectivity index (χ0v) is 35.8. The lowest BCUT2D eigenvalue weighted by atomic mass is 9.88. The summed E-state index contributed by atoms with van der Waals surface area (Å²) in [7, 11) is 0. The number of hydrogen-bond acceptors (Lipinski definition) is 2. The molecule has 282 valence electrons. The molecule has 0 aliphatic carbocycles. The molecule has 0 aromatic rings. The molecule has 48 heavy (non-hydrogen) atoms. The summed E-state index contributed by atoms with van der Waals surface area (Å²) in [6.45, 7) is 4.54. The van der Waals surface area contributed by atoms with Gasteiger partial charge < -0.3 is 0 Å². The number of rotatable bonds is 36. The Bertz CT molecular complexity index is 776. The van der Waals surface area contributed by atoms with Crippen LogP contribution < -0.4 is 0 Å². The van der Waals surface area contributed by atoms with Crippen molar-refractivity contribution >= 4 is 45.7 Å². The maximum absolute atomic E-state index is 6.62. The van der Waals surface area contributed by atoms with Crippen LogP contribution in [0.1, 0.15) is 233 Å². The first-order valence-corrected chi connectivity index (χ1v) is 26.6. The Hall–Kier alpha value is 0.297. The first-order chi connectivity index (χ1) is 23.5. The summed E-state index contributed by atoms with van der Waals surface area (Å²) in [5.41, 5.74) is 4.47. The molecule has 0 spiro atoms. The lowest BCUT2D eigenvalue weighted by Gasteiger charge is -2.25. The average molecular weight is 743 g/mol. The minimum Gasteiger partial charge on any atom is -0.275 e. The minimum absolute atomic E-state index is 0.258. The zero-order chi connectivity index (χ0) is 34.9. The highest BCUT2D eigenvalue weighted by Crippen LogP contribution is 2.38. The third-order valence-electron chi connectivity index (χ3n) is 10.3.